The molecule has 0 spiro atoms. The first-order valence-corrected chi connectivity index (χ1v) is 9.56. The Labute approximate surface area is 155 Å². The molecule has 1 aliphatic carbocycles. The second-order valence-corrected chi connectivity index (χ2v) is 7.55. The smallest absolute Gasteiger partial charge is 0.293 e. The molecule has 2 heterocycles. The van der Waals surface area contributed by atoms with Gasteiger partial charge in [0.15, 0.2) is 0 Å². The van der Waals surface area contributed by atoms with Gasteiger partial charge in [-0.25, -0.2) is 4.39 Å². The molecule has 2 amide bonds. The van der Waals surface area contributed by atoms with Crippen LogP contribution in [0.2, 0.25) is 0 Å². The number of benzene rings is 1. The number of carbonyl (C=O) groups is 2. The molecule has 4 nitrogen and oxygen atoms in total. The number of thioether (sulfide) groups is 1. The van der Waals surface area contributed by atoms with Crippen LogP contribution in [-0.2, 0) is 4.79 Å². The van der Waals surface area contributed by atoms with Gasteiger partial charge < -0.3 is 4.42 Å². The summed E-state index contributed by atoms with van der Waals surface area (Å²) in [4.78, 5) is 26.8. The molecule has 0 radical (unpaired) electrons. The lowest BCUT2D eigenvalue weighted by molar-refractivity contribution is -0.124. The molecule has 2 aliphatic rings. The molecule has 0 N–H and O–H groups in total. The molecule has 0 unspecified atom stereocenters. The lowest BCUT2D eigenvalue weighted by atomic mass is 9.94. The number of imide groups is 1. The Morgan fingerprint density at radius 1 is 1.04 bits per heavy atom. The van der Waals surface area contributed by atoms with E-state index in [1.807, 2.05) is 0 Å². The van der Waals surface area contributed by atoms with Gasteiger partial charge in [-0.2, -0.15) is 0 Å². The minimum absolute atomic E-state index is 0.0218. The summed E-state index contributed by atoms with van der Waals surface area (Å²) in [6.07, 6.45) is 6.68. The second-order valence-electron chi connectivity index (χ2n) is 6.55. The number of halogens is 1. The van der Waals surface area contributed by atoms with Crippen molar-refractivity contribution >= 4 is 29.0 Å². The first-order chi connectivity index (χ1) is 12.6. The second kappa shape index (κ2) is 7.11. The average Bonchev–Trinajstić information content (AvgIpc) is 3.21. The van der Waals surface area contributed by atoms with Crippen LogP contribution in [0.4, 0.5) is 9.18 Å². The van der Waals surface area contributed by atoms with Gasteiger partial charge in [0.05, 0.1) is 4.91 Å². The number of furan rings is 1. The van der Waals surface area contributed by atoms with Crippen molar-refractivity contribution in [1.82, 2.24) is 4.90 Å². The molecule has 134 valence electrons. The number of amides is 2. The molecular weight excluding hydrogens is 353 g/mol. The minimum Gasteiger partial charge on any atom is -0.457 e. The molecule has 1 aliphatic heterocycles. The molecule has 26 heavy (non-hydrogen) atoms. The Kier molecular flexibility index (Phi) is 4.68. The van der Waals surface area contributed by atoms with E-state index in [0.29, 0.717) is 16.4 Å². The summed E-state index contributed by atoms with van der Waals surface area (Å²) in [5.74, 6) is 0.546. The van der Waals surface area contributed by atoms with Crippen LogP contribution in [0.3, 0.4) is 0 Å². The van der Waals surface area contributed by atoms with Crippen molar-refractivity contribution in [3.63, 3.8) is 0 Å². The molecule has 6 heteroatoms. The zero-order valence-corrected chi connectivity index (χ0v) is 14.9. The Bertz CT molecular complexity index is 865. The number of carbonyl (C=O) groups excluding carboxylic acids is 2. The summed E-state index contributed by atoms with van der Waals surface area (Å²) in [5, 5.41) is -0.196. The standard InChI is InChI=1S/C20H18FNO3S/c21-14-8-6-13(7-9-14)17-11-10-16(25-17)12-18-19(23)22(20(24)26-18)15-4-2-1-3-5-15/h6-12,15H,1-5H2/b18-12-. The maximum atomic E-state index is 13.0. The topological polar surface area (TPSA) is 50.5 Å². The SMILES string of the molecule is O=C1S/C(=C\c2ccc(-c3ccc(F)cc3)o2)C(=O)N1C1CCCCC1. The van der Waals surface area contributed by atoms with E-state index in [0.717, 1.165) is 43.0 Å². The lowest BCUT2D eigenvalue weighted by Crippen LogP contribution is -2.39. The van der Waals surface area contributed by atoms with Crippen LogP contribution in [0.1, 0.15) is 37.9 Å². The third kappa shape index (κ3) is 3.33. The highest BCUT2D eigenvalue weighted by Crippen LogP contribution is 2.37. The summed E-state index contributed by atoms with van der Waals surface area (Å²) in [7, 11) is 0. The monoisotopic (exact) mass is 371 g/mol. The Morgan fingerprint density at radius 2 is 1.77 bits per heavy atom. The molecule has 0 bridgehead atoms. The third-order valence-electron chi connectivity index (χ3n) is 4.79. The van der Waals surface area contributed by atoms with E-state index in [2.05, 4.69) is 0 Å². The van der Waals surface area contributed by atoms with Crippen LogP contribution in [0.15, 0.2) is 45.7 Å². The zero-order chi connectivity index (χ0) is 18.1. The number of rotatable bonds is 3. The highest BCUT2D eigenvalue weighted by molar-refractivity contribution is 8.18. The number of hydrogen-bond donors (Lipinski definition) is 0. The van der Waals surface area contributed by atoms with Crippen LogP contribution in [0.25, 0.3) is 17.4 Å². The molecule has 1 aromatic heterocycles. The summed E-state index contributed by atoms with van der Waals surface area (Å²) >= 11 is 0.966. The van der Waals surface area contributed by atoms with Gasteiger partial charge in [0.25, 0.3) is 11.1 Å². The Balaban J connectivity index is 1.54. The van der Waals surface area contributed by atoms with Gasteiger partial charge in [-0.3, -0.25) is 14.5 Å². The Morgan fingerprint density at radius 3 is 2.50 bits per heavy atom. The van der Waals surface area contributed by atoms with Crippen molar-refractivity contribution in [3.8, 4) is 11.3 Å². The molecule has 2 fully saturated rings. The van der Waals surface area contributed by atoms with Crippen molar-refractivity contribution in [3.05, 3.63) is 52.9 Å². The van der Waals surface area contributed by atoms with Gasteiger partial charge in [0, 0.05) is 17.7 Å². The third-order valence-corrected chi connectivity index (χ3v) is 5.68. The van der Waals surface area contributed by atoms with E-state index >= 15 is 0 Å². The van der Waals surface area contributed by atoms with Crippen LogP contribution in [0.5, 0.6) is 0 Å². The summed E-state index contributed by atoms with van der Waals surface area (Å²) in [5.41, 5.74) is 0.751. The molecule has 4 rings (SSSR count). The van der Waals surface area contributed by atoms with Crippen molar-refractivity contribution in [2.24, 2.45) is 0 Å². The van der Waals surface area contributed by atoms with Gasteiger partial charge in [-0.15, -0.1) is 0 Å². The van der Waals surface area contributed by atoms with E-state index in [1.54, 1.807) is 30.3 Å². The van der Waals surface area contributed by atoms with E-state index in [9.17, 15) is 14.0 Å². The highest BCUT2D eigenvalue weighted by atomic mass is 32.2. The molecule has 0 atom stereocenters. The van der Waals surface area contributed by atoms with Gasteiger partial charge in [0.2, 0.25) is 0 Å². The first kappa shape index (κ1) is 17.1. The maximum Gasteiger partial charge on any atom is 0.293 e. The zero-order valence-electron chi connectivity index (χ0n) is 14.1. The predicted octanol–water partition coefficient (Wildman–Crippen LogP) is 5.45. The lowest BCUT2D eigenvalue weighted by Gasteiger charge is -2.28. The van der Waals surface area contributed by atoms with Gasteiger partial charge >= 0.3 is 0 Å². The normalized spacial score (nSPS) is 20.3. The molecule has 2 aromatic rings. The van der Waals surface area contributed by atoms with Crippen LogP contribution < -0.4 is 0 Å². The average molecular weight is 371 g/mol. The quantitative estimate of drug-likeness (QED) is 0.673. The van der Waals surface area contributed by atoms with Gasteiger partial charge in [-0.05, 0) is 61.0 Å². The van der Waals surface area contributed by atoms with E-state index in [4.69, 9.17) is 4.42 Å². The summed E-state index contributed by atoms with van der Waals surface area (Å²) in [6.45, 7) is 0. The fourth-order valence-electron chi connectivity index (χ4n) is 3.46. The van der Waals surface area contributed by atoms with Crippen molar-refractivity contribution in [2.75, 3.05) is 0 Å². The fraction of sp³-hybridized carbons (Fsp3) is 0.300. The van der Waals surface area contributed by atoms with E-state index in [-0.39, 0.29) is 23.0 Å². The molecular formula is C20H18FNO3S. The number of hydrogen-bond acceptors (Lipinski definition) is 4. The molecule has 1 aromatic carbocycles. The largest absolute Gasteiger partial charge is 0.457 e. The van der Waals surface area contributed by atoms with E-state index < -0.39 is 0 Å². The van der Waals surface area contributed by atoms with Crippen LogP contribution in [-0.4, -0.2) is 22.1 Å². The van der Waals surface area contributed by atoms with Crippen molar-refractivity contribution in [1.29, 1.82) is 0 Å². The molecule has 1 saturated carbocycles. The van der Waals surface area contributed by atoms with Gasteiger partial charge in [0.1, 0.15) is 17.3 Å². The van der Waals surface area contributed by atoms with Gasteiger partial charge in [-0.1, -0.05) is 19.3 Å². The van der Waals surface area contributed by atoms with Crippen molar-refractivity contribution < 1.29 is 18.4 Å². The Hall–Kier alpha value is -2.34. The first-order valence-electron chi connectivity index (χ1n) is 8.75. The van der Waals surface area contributed by atoms with Crippen LogP contribution in [0, 0.1) is 5.82 Å². The minimum atomic E-state index is -0.308. The summed E-state index contributed by atoms with van der Waals surface area (Å²) < 4.78 is 18.8. The number of nitrogens with zero attached hydrogens (tertiary/aromatic N) is 1. The van der Waals surface area contributed by atoms with Crippen LogP contribution >= 0.6 is 11.8 Å². The summed E-state index contributed by atoms with van der Waals surface area (Å²) in [6, 6.07) is 9.54. The van der Waals surface area contributed by atoms with Crippen molar-refractivity contribution in [2.45, 2.75) is 38.1 Å². The fourth-order valence-corrected chi connectivity index (χ4v) is 4.34. The van der Waals surface area contributed by atoms with E-state index in [1.165, 1.54) is 23.5 Å². The highest BCUT2D eigenvalue weighted by Gasteiger charge is 2.40. The predicted molar refractivity (Wildman–Crippen MR) is 98.8 cm³/mol. The maximum absolute atomic E-state index is 13.0. The molecule has 1 saturated heterocycles.